The highest BCUT2D eigenvalue weighted by molar-refractivity contribution is 6.32. The van der Waals surface area contributed by atoms with E-state index in [2.05, 4.69) is 32.7 Å². The Labute approximate surface area is 187 Å². The zero-order valence-corrected chi connectivity index (χ0v) is 18.5. The summed E-state index contributed by atoms with van der Waals surface area (Å²) in [5, 5.41) is 7.20. The van der Waals surface area contributed by atoms with Crippen molar-refractivity contribution in [3.8, 4) is 17.0 Å². The third kappa shape index (κ3) is 5.07. The van der Waals surface area contributed by atoms with Crippen molar-refractivity contribution < 1.29 is 4.74 Å². The Hall–Kier alpha value is -2.87. The SMILES string of the molecule is COc1cc(-c2nc(Nc3ccc(CN4CCNCC4)cc3)nc(N)c2C)ccc1Cl. The molecule has 0 bridgehead atoms. The average molecular weight is 439 g/mol. The molecule has 0 unspecified atom stereocenters. The molecule has 0 saturated carbocycles. The van der Waals surface area contributed by atoms with Crippen molar-refractivity contribution in [1.29, 1.82) is 0 Å². The normalized spacial score (nSPS) is 14.4. The number of piperazine rings is 1. The highest BCUT2D eigenvalue weighted by atomic mass is 35.5. The number of hydrogen-bond acceptors (Lipinski definition) is 7. The molecule has 2 aromatic carbocycles. The molecule has 1 saturated heterocycles. The predicted molar refractivity (Wildman–Crippen MR) is 126 cm³/mol. The summed E-state index contributed by atoms with van der Waals surface area (Å²) in [4.78, 5) is 11.6. The highest BCUT2D eigenvalue weighted by Gasteiger charge is 2.14. The summed E-state index contributed by atoms with van der Waals surface area (Å²) in [7, 11) is 1.59. The molecule has 7 nitrogen and oxygen atoms in total. The van der Waals surface area contributed by atoms with Gasteiger partial charge >= 0.3 is 0 Å². The van der Waals surface area contributed by atoms with E-state index in [-0.39, 0.29) is 0 Å². The van der Waals surface area contributed by atoms with Gasteiger partial charge in [-0.05, 0) is 36.8 Å². The molecule has 0 amide bonds. The van der Waals surface area contributed by atoms with Crippen LogP contribution in [-0.2, 0) is 6.54 Å². The Balaban J connectivity index is 1.53. The minimum atomic E-state index is 0.428. The van der Waals surface area contributed by atoms with Gasteiger partial charge in [0.05, 0.1) is 17.8 Å². The fourth-order valence-electron chi connectivity index (χ4n) is 3.63. The van der Waals surface area contributed by atoms with Crippen molar-refractivity contribution >= 4 is 29.1 Å². The lowest BCUT2D eigenvalue weighted by Crippen LogP contribution is -2.42. The second-order valence-corrected chi connectivity index (χ2v) is 8.01. The van der Waals surface area contributed by atoms with Gasteiger partial charge in [-0.2, -0.15) is 4.98 Å². The van der Waals surface area contributed by atoms with Crippen molar-refractivity contribution in [1.82, 2.24) is 20.2 Å². The molecule has 8 heteroatoms. The van der Waals surface area contributed by atoms with Crippen LogP contribution < -0.4 is 21.1 Å². The average Bonchev–Trinajstić information content (AvgIpc) is 2.78. The van der Waals surface area contributed by atoms with Crippen LogP contribution in [0, 0.1) is 6.92 Å². The third-order valence-corrected chi connectivity index (χ3v) is 5.75. The van der Waals surface area contributed by atoms with Gasteiger partial charge in [-0.1, -0.05) is 29.8 Å². The molecular weight excluding hydrogens is 412 g/mol. The molecule has 4 rings (SSSR count). The molecule has 2 heterocycles. The van der Waals surface area contributed by atoms with Crippen molar-refractivity contribution in [2.75, 3.05) is 44.3 Å². The van der Waals surface area contributed by atoms with Crippen LogP contribution in [0.3, 0.4) is 0 Å². The summed E-state index contributed by atoms with van der Waals surface area (Å²) in [6.45, 7) is 7.11. The summed E-state index contributed by atoms with van der Waals surface area (Å²) in [6, 6.07) is 13.9. The molecule has 31 heavy (non-hydrogen) atoms. The maximum atomic E-state index is 6.18. The molecule has 0 spiro atoms. The van der Waals surface area contributed by atoms with E-state index >= 15 is 0 Å². The number of nitrogens with one attached hydrogen (secondary N) is 2. The highest BCUT2D eigenvalue weighted by Crippen LogP contribution is 2.33. The number of ether oxygens (including phenoxy) is 1. The zero-order chi connectivity index (χ0) is 21.8. The van der Waals surface area contributed by atoms with Gasteiger partial charge in [-0.25, -0.2) is 4.98 Å². The number of aromatic nitrogens is 2. The van der Waals surface area contributed by atoms with Crippen molar-refractivity contribution in [2.45, 2.75) is 13.5 Å². The Morgan fingerprint density at radius 3 is 2.58 bits per heavy atom. The van der Waals surface area contributed by atoms with Crippen LogP contribution >= 0.6 is 11.6 Å². The molecular formula is C23H27ClN6O. The molecule has 1 fully saturated rings. The lowest BCUT2D eigenvalue weighted by molar-refractivity contribution is 0.233. The Kier molecular flexibility index (Phi) is 6.56. The Bertz CT molecular complexity index is 1050. The van der Waals surface area contributed by atoms with E-state index in [1.54, 1.807) is 13.2 Å². The number of nitrogens with two attached hydrogens (primary N) is 1. The van der Waals surface area contributed by atoms with Crippen LogP contribution in [0.25, 0.3) is 11.3 Å². The van der Waals surface area contributed by atoms with Gasteiger partial charge in [0, 0.05) is 49.5 Å². The smallest absolute Gasteiger partial charge is 0.229 e. The van der Waals surface area contributed by atoms with Gasteiger partial charge in [-0.15, -0.1) is 0 Å². The number of methoxy groups -OCH3 is 1. The number of benzene rings is 2. The van der Waals surface area contributed by atoms with Crippen LogP contribution in [-0.4, -0.2) is 48.2 Å². The predicted octanol–water partition coefficient (Wildman–Crippen LogP) is 3.85. The van der Waals surface area contributed by atoms with Gasteiger partial charge in [0.25, 0.3) is 0 Å². The van der Waals surface area contributed by atoms with Gasteiger partial charge in [0.2, 0.25) is 5.95 Å². The first-order chi connectivity index (χ1) is 15.0. The van der Waals surface area contributed by atoms with E-state index in [9.17, 15) is 0 Å². The Morgan fingerprint density at radius 1 is 1.13 bits per heavy atom. The second-order valence-electron chi connectivity index (χ2n) is 7.60. The van der Waals surface area contributed by atoms with E-state index in [0.29, 0.717) is 22.5 Å². The topological polar surface area (TPSA) is 88.3 Å². The van der Waals surface area contributed by atoms with Crippen LogP contribution in [0.5, 0.6) is 5.75 Å². The van der Waals surface area contributed by atoms with Gasteiger partial charge in [0.15, 0.2) is 0 Å². The molecule has 0 aliphatic carbocycles. The summed E-state index contributed by atoms with van der Waals surface area (Å²) in [5.41, 5.74) is 10.8. The summed E-state index contributed by atoms with van der Waals surface area (Å²) in [5.74, 6) is 1.46. The van der Waals surface area contributed by atoms with Crippen molar-refractivity contribution in [3.05, 3.63) is 58.6 Å². The van der Waals surface area contributed by atoms with E-state index in [1.165, 1.54) is 5.56 Å². The number of nitrogen functional groups attached to an aromatic ring is 1. The van der Waals surface area contributed by atoms with E-state index < -0.39 is 0 Å². The van der Waals surface area contributed by atoms with Crippen molar-refractivity contribution in [2.24, 2.45) is 0 Å². The van der Waals surface area contributed by atoms with Gasteiger partial charge in [0.1, 0.15) is 11.6 Å². The first-order valence-corrected chi connectivity index (χ1v) is 10.7. The fourth-order valence-corrected chi connectivity index (χ4v) is 3.82. The van der Waals surface area contributed by atoms with Crippen LogP contribution in [0.15, 0.2) is 42.5 Å². The standard InChI is InChI=1S/C23H27ClN6O/c1-15-21(17-5-8-19(24)20(13-17)31-2)28-23(29-22(15)25)27-18-6-3-16(4-7-18)14-30-11-9-26-10-12-30/h3-8,13,26H,9-12,14H2,1-2H3,(H3,25,27,28,29). The van der Waals surface area contributed by atoms with Gasteiger partial charge in [-0.3, -0.25) is 4.90 Å². The van der Waals surface area contributed by atoms with Crippen molar-refractivity contribution in [3.63, 3.8) is 0 Å². The van der Waals surface area contributed by atoms with E-state index in [0.717, 1.165) is 55.2 Å². The molecule has 4 N–H and O–H groups in total. The number of rotatable bonds is 6. The first-order valence-electron chi connectivity index (χ1n) is 10.3. The van der Waals surface area contributed by atoms with Crippen LogP contribution in [0.2, 0.25) is 5.02 Å². The molecule has 1 aliphatic rings. The van der Waals surface area contributed by atoms with Crippen LogP contribution in [0.4, 0.5) is 17.5 Å². The zero-order valence-electron chi connectivity index (χ0n) is 17.8. The molecule has 1 aliphatic heterocycles. The number of hydrogen-bond donors (Lipinski definition) is 3. The monoisotopic (exact) mass is 438 g/mol. The van der Waals surface area contributed by atoms with Gasteiger partial charge < -0.3 is 21.1 Å². The molecule has 0 atom stereocenters. The quantitative estimate of drug-likeness (QED) is 0.538. The maximum Gasteiger partial charge on any atom is 0.229 e. The number of halogens is 1. The third-order valence-electron chi connectivity index (χ3n) is 5.43. The fraction of sp³-hybridized carbons (Fsp3) is 0.304. The molecule has 3 aromatic rings. The van der Waals surface area contributed by atoms with E-state index in [1.807, 2.05) is 31.2 Å². The second kappa shape index (κ2) is 9.51. The Morgan fingerprint density at radius 2 is 1.87 bits per heavy atom. The minimum absolute atomic E-state index is 0.428. The summed E-state index contributed by atoms with van der Waals surface area (Å²) >= 11 is 6.17. The minimum Gasteiger partial charge on any atom is -0.495 e. The maximum absolute atomic E-state index is 6.18. The summed E-state index contributed by atoms with van der Waals surface area (Å²) < 4.78 is 5.34. The number of anilines is 3. The summed E-state index contributed by atoms with van der Waals surface area (Å²) in [6.07, 6.45) is 0. The lowest BCUT2D eigenvalue weighted by atomic mass is 10.1. The molecule has 0 radical (unpaired) electrons. The van der Waals surface area contributed by atoms with E-state index in [4.69, 9.17) is 27.1 Å². The largest absolute Gasteiger partial charge is 0.495 e. The molecule has 162 valence electrons. The first kappa shape index (κ1) is 21.4. The number of nitrogens with zero attached hydrogens (tertiary/aromatic N) is 3. The lowest BCUT2D eigenvalue weighted by Gasteiger charge is -2.27. The molecule has 1 aromatic heterocycles. The van der Waals surface area contributed by atoms with Crippen LogP contribution in [0.1, 0.15) is 11.1 Å².